The Kier molecular flexibility index (Phi) is 6.17. The van der Waals surface area contributed by atoms with Crippen LogP contribution < -0.4 is 10.2 Å². The summed E-state index contributed by atoms with van der Waals surface area (Å²) in [6, 6.07) is 2.22. The average Bonchev–Trinajstić information content (AvgIpc) is 3.26. The van der Waals surface area contributed by atoms with Gasteiger partial charge >= 0.3 is 6.03 Å². The summed E-state index contributed by atoms with van der Waals surface area (Å²) in [5.41, 5.74) is 2.90. The second kappa shape index (κ2) is 9.22. The number of rotatable bonds is 5. The van der Waals surface area contributed by atoms with E-state index >= 15 is 0 Å². The lowest BCUT2D eigenvalue weighted by molar-refractivity contribution is -0.120. The molecule has 0 spiro atoms. The van der Waals surface area contributed by atoms with E-state index in [1.54, 1.807) is 11.1 Å². The predicted molar refractivity (Wildman–Crippen MR) is 126 cm³/mol. The lowest BCUT2D eigenvalue weighted by atomic mass is 9.87. The maximum atomic E-state index is 12.4. The largest absolute Gasteiger partial charge is 0.343 e. The molecule has 3 fully saturated rings. The Morgan fingerprint density at radius 1 is 1.06 bits per heavy atom. The van der Waals surface area contributed by atoms with Crippen molar-refractivity contribution >= 4 is 28.5 Å². The number of likely N-dealkylation sites (tertiary alicyclic amines) is 1. The summed E-state index contributed by atoms with van der Waals surface area (Å²) in [5.74, 6) is 0.736. The lowest BCUT2D eigenvalue weighted by Crippen LogP contribution is -2.49. The van der Waals surface area contributed by atoms with Crippen LogP contribution in [0.1, 0.15) is 69.5 Å². The van der Waals surface area contributed by atoms with Crippen LogP contribution in [-0.2, 0) is 4.79 Å². The highest BCUT2D eigenvalue weighted by Gasteiger charge is 2.28. The maximum Gasteiger partial charge on any atom is 0.328 e. The van der Waals surface area contributed by atoms with Crippen molar-refractivity contribution in [2.45, 2.75) is 70.8 Å². The molecule has 3 aliphatic rings. The van der Waals surface area contributed by atoms with Gasteiger partial charge in [0.1, 0.15) is 0 Å². The molecule has 0 aromatic carbocycles. The Morgan fingerprint density at radius 3 is 2.59 bits per heavy atom. The fraction of sp³-hybridized carbons (Fsp3) is 0.640. The van der Waals surface area contributed by atoms with Crippen molar-refractivity contribution < 1.29 is 9.59 Å². The minimum Gasteiger partial charge on any atom is -0.343 e. The van der Waals surface area contributed by atoms with Gasteiger partial charge < -0.3 is 9.47 Å². The van der Waals surface area contributed by atoms with Crippen LogP contribution in [0.4, 0.5) is 10.5 Å². The quantitative estimate of drug-likeness (QED) is 0.753. The molecule has 0 radical (unpaired) electrons. The number of anilines is 1. The number of nitrogens with zero attached hydrogens (tertiary/aromatic N) is 4. The summed E-state index contributed by atoms with van der Waals surface area (Å²) < 4.78 is 2.38. The molecule has 5 rings (SSSR count). The van der Waals surface area contributed by atoms with Gasteiger partial charge in [0.25, 0.3) is 0 Å². The number of nitrogens with one attached hydrogen (secondary N) is 1. The molecule has 0 unspecified atom stereocenters. The number of hydrogen-bond acceptors (Lipinski definition) is 4. The van der Waals surface area contributed by atoms with Gasteiger partial charge in [-0.2, -0.15) is 0 Å². The van der Waals surface area contributed by atoms with Gasteiger partial charge in [0.15, 0.2) is 0 Å². The highest BCUT2D eigenvalue weighted by molar-refractivity contribution is 6.09. The fourth-order valence-corrected chi connectivity index (χ4v) is 5.90. The number of piperidine rings is 1. The van der Waals surface area contributed by atoms with E-state index in [1.807, 2.05) is 6.92 Å². The molecular weight excluding hydrogens is 402 g/mol. The van der Waals surface area contributed by atoms with Crippen molar-refractivity contribution in [2.24, 2.45) is 5.92 Å². The molecule has 0 atom stereocenters. The number of urea groups is 1. The first kappa shape index (κ1) is 21.4. The molecule has 2 aliphatic heterocycles. The molecule has 4 heterocycles. The van der Waals surface area contributed by atoms with E-state index in [1.165, 1.54) is 45.1 Å². The molecule has 1 aliphatic carbocycles. The van der Waals surface area contributed by atoms with Crippen LogP contribution in [0.15, 0.2) is 18.5 Å². The second-order valence-electron chi connectivity index (χ2n) is 9.83. The van der Waals surface area contributed by atoms with Crippen molar-refractivity contribution in [3.63, 3.8) is 0 Å². The molecule has 1 N–H and O–H groups in total. The summed E-state index contributed by atoms with van der Waals surface area (Å²) in [6.45, 7) is 5.99. The van der Waals surface area contributed by atoms with Crippen LogP contribution in [0.25, 0.3) is 10.9 Å². The normalized spacial score (nSPS) is 22.0. The molecule has 2 saturated heterocycles. The number of pyridine rings is 1. The zero-order valence-electron chi connectivity index (χ0n) is 19.2. The summed E-state index contributed by atoms with van der Waals surface area (Å²) in [4.78, 5) is 32.9. The SMILES string of the molecule is Cc1ncc(N2CCC(=O)NC2=O)c2ccn(C3CCN(CCC4CCCCC4)CC3)c12. The average molecular weight is 438 g/mol. The summed E-state index contributed by atoms with van der Waals surface area (Å²) in [6.07, 6.45) is 15.1. The van der Waals surface area contributed by atoms with E-state index in [-0.39, 0.29) is 11.9 Å². The zero-order valence-corrected chi connectivity index (χ0v) is 19.2. The van der Waals surface area contributed by atoms with Crippen molar-refractivity contribution in [1.82, 2.24) is 19.8 Å². The summed E-state index contributed by atoms with van der Waals surface area (Å²) >= 11 is 0. The van der Waals surface area contributed by atoms with Gasteiger partial charge in [0, 0.05) is 43.7 Å². The number of fused-ring (bicyclic) bond motifs is 1. The third-order valence-corrected chi connectivity index (χ3v) is 7.79. The van der Waals surface area contributed by atoms with Gasteiger partial charge in [0.2, 0.25) is 5.91 Å². The number of amides is 3. The Labute approximate surface area is 190 Å². The third kappa shape index (κ3) is 4.27. The highest BCUT2D eigenvalue weighted by atomic mass is 16.2. The van der Waals surface area contributed by atoms with Crippen LogP contribution in [0.2, 0.25) is 0 Å². The first-order valence-corrected chi connectivity index (χ1v) is 12.4. The van der Waals surface area contributed by atoms with Crippen molar-refractivity contribution in [2.75, 3.05) is 31.1 Å². The molecule has 7 nitrogen and oxygen atoms in total. The summed E-state index contributed by atoms with van der Waals surface area (Å²) in [7, 11) is 0. The van der Waals surface area contributed by atoms with E-state index in [4.69, 9.17) is 0 Å². The van der Waals surface area contributed by atoms with Gasteiger partial charge in [-0.3, -0.25) is 20.0 Å². The molecular formula is C25H35N5O2. The van der Waals surface area contributed by atoms with Gasteiger partial charge in [0.05, 0.1) is 23.1 Å². The lowest BCUT2D eigenvalue weighted by Gasteiger charge is -2.34. The highest BCUT2D eigenvalue weighted by Crippen LogP contribution is 2.35. The first-order valence-electron chi connectivity index (χ1n) is 12.4. The van der Waals surface area contributed by atoms with Gasteiger partial charge in [-0.25, -0.2) is 4.79 Å². The first-order chi connectivity index (χ1) is 15.6. The zero-order chi connectivity index (χ0) is 22.1. The number of carbonyl (C=O) groups is 2. The van der Waals surface area contributed by atoms with Crippen LogP contribution in [0, 0.1) is 12.8 Å². The number of aromatic nitrogens is 2. The molecule has 7 heteroatoms. The Bertz CT molecular complexity index is 986. The van der Waals surface area contributed by atoms with Crippen LogP contribution >= 0.6 is 0 Å². The Hall–Kier alpha value is -2.41. The molecule has 3 amide bonds. The van der Waals surface area contributed by atoms with Crippen LogP contribution in [-0.4, -0.2) is 52.6 Å². The smallest absolute Gasteiger partial charge is 0.328 e. The fourth-order valence-electron chi connectivity index (χ4n) is 5.90. The molecule has 172 valence electrons. The van der Waals surface area contributed by atoms with Gasteiger partial charge in [-0.1, -0.05) is 32.1 Å². The van der Waals surface area contributed by atoms with Crippen LogP contribution in [0.3, 0.4) is 0 Å². The predicted octanol–water partition coefficient (Wildman–Crippen LogP) is 4.40. The Balaban J connectivity index is 1.28. The molecule has 2 aromatic rings. The van der Waals surface area contributed by atoms with Crippen LogP contribution in [0.5, 0.6) is 0 Å². The molecule has 1 saturated carbocycles. The monoisotopic (exact) mass is 437 g/mol. The van der Waals surface area contributed by atoms with E-state index < -0.39 is 0 Å². The maximum absolute atomic E-state index is 12.4. The van der Waals surface area contributed by atoms with E-state index in [0.29, 0.717) is 19.0 Å². The second-order valence-corrected chi connectivity index (χ2v) is 9.83. The van der Waals surface area contributed by atoms with Crippen molar-refractivity contribution in [1.29, 1.82) is 0 Å². The minimum atomic E-state index is -0.354. The number of imide groups is 1. The van der Waals surface area contributed by atoms with E-state index in [0.717, 1.165) is 54.1 Å². The van der Waals surface area contributed by atoms with Gasteiger partial charge in [-0.05, 0) is 44.7 Å². The number of carbonyl (C=O) groups excluding carboxylic acids is 2. The topological polar surface area (TPSA) is 70.5 Å². The molecule has 0 bridgehead atoms. The number of aryl methyl sites for hydroxylation is 1. The Morgan fingerprint density at radius 2 is 1.84 bits per heavy atom. The van der Waals surface area contributed by atoms with Gasteiger partial charge in [-0.15, -0.1) is 0 Å². The minimum absolute atomic E-state index is 0.213. The third-order valence-electron chi connectivity index (χ3n) is 7.79. The van der Waals surface area contributed by atoms with E-state index in [2.05, 4.69) is 32.0 Å². The van der Waals surface area contributed by atoms with E-state index in [9.17, 15) is 9.59 Å². The van der Waals surface area contributed by atoms with Crippen molar-refractivity contribution in [3.05, 3.63) is 24.2 Å². The standard InChI is InChI=1S/C25H35N5O2/c1-18-24-21(22(17-26-18)30-16-11-23(31)27-25(30)32)10-15-29(24)20-8-13-28(14-9-20)12-7-19-5-3-2-4-6-19/h10,15,17,19-20H,2-9,11-14,16H2,1H3,(H,27,31,32). The van der Waals surface area contributed by atoms with Crippen molar-refractivity contribution in [3.8, 4) is 0 Å². The number of hydrogen-bond donors (Lipinski definition) is 1. The molecule has 2 aromatic heterocycles. The summed E-state index contributed by atoms with van der Waals surface area (Å²) in [5, 5.41) is 3.47. The molecule has 32 heavy (non-hydrogen) atoms.